The Labute approximate surface area is 242 Å². The summed E-state index contributed by atoms with van der Waals surface area (Å²) in [5, 5.41) is 14.5. The molecule has 10 heteroatoms. The van der Waals surface area contributed by atoms with Gasteiger partial charge in [-0.15, -0.1) is 11.3 Å². The zero-order valence-electron chi connectivity index (χ0n) is 22.3. The van der Waals surface area contributed by atoms with Gasteiger partial charge < -0.3 is 14.6 Å². The molecule has 0 radical (unpaired) electrons. The van der Waals surface area contributed by atoms with Crippen LogP contribution in [0.15, 0.2) is 41.3 Å². The number of aliphatic carboxylic acids is 1. The van der Waals surface area contributed by atoms with Crippen LogP contribution < -0.4 is 10.1 Å². The summed E-state index contributed by atoms with van der Waals surface area (Å²) in [7, 11) is 1.64. The number of carboxylic acids is 1. The van der Waals surface area contributed by atoms with Crippen LogP contribution in [0.5, 0.6) is 5.75 Å². The molecule has 0 spiro atoms. The molecule has 1 heterocycles. The van der Waals surface area contributed by atoms with Crippen LogP contribution >= 0.6 is 34.5 Å². The van der Waals surface area contributed by atoms with E-state index in [0.29, 0.717) is 28.7 Å². The van der Waals surface area contributed by atoms with E-state index in [9.17, 15) is 9.59 Å². The predicted molar refractivity (Wildman–Crippen MR) is 158 cm³/mol. The number of methoxy groups -OCH3 is 1. The minimum absolute atomic E-state index is 0.0689. The maximum atomic E-state index is 13.0. The summed E-state index contributed by atoms with van der Waals surface area (Å²) in [6.07, 6.45) is 5.22. The minimum Gasteiger partial charge on any atom is -0.496 e. The number of rotatable bonds is 13. The molecule has 0 aliphatic heterocycles. The fraction of sp³-hybridized carbons (Fsp3) is 0.345. The zero-order chi connectivity index (χ0) is 28.5. The lowest BCUT2D eigenvalue weighted by Crippen LogP contribution is -2.12. The van der Waals surface area contributed by atoms with Gasteiger partial charge in [-0.2, -0.15) is 0 Å². The Hall–Kier alpha value is -2.91. The molecule has 208 valence electrons. The molecule has 39 heavy (non-hydrogen) atoms. The van der Waals surface area contributed by atoms with Crippen molar-refractivity contribution < 1.29 is 24.2 Å². The van der Waals surface area contributed by atoms with Crippen LogP contribution in [0.4, 0.5) is 5.13 Å². The lowest BCUT2D eigenvalue weighted by Gasteiger charge is -2.22. The smallest absolute Gasteiger partial charge is 0.331 e. The number of ether oxygens (including phenoxy) is 2. The Kier molecular flexibility index (Phi) is 11.4. The molecule has 0 unspecified atom stereocenters. The van der Waals surface area contributed by atoms with Gasteiger partial charge in [-0.05, 0) is 44.0 Å². The van der Waals surface area contributed by atoms with Crippen molar-refractivity contribution in [3.05, 3.63) is 68.0 Å². The molecular weight excluding hydrogens is 559 g/mol. The van der Waals surface area contributed by atoms with Crippen molar-refractivity contribution in [3.8, 4) is 17.0 Å². The maximum Gasteiger partial charge on any atom is 0.331 e. The highest BCUT2D eigenvalue weighted by molar-refractivity contribution is 7.14. The highest BCUT2D eigenvalue weighted by Crippen LogP contribution is 2.40. The van der Waals surface area contributed by atoms with Crippen LogP contribution in [0.1, 0.15) is 74.0 Å². The summed E-state index contributed by atoms with van der Waals surface area (Å²) in [6, 6.07) is 8.81. The van der Waals surface area contributed by atoms with Gasteiger partial charge in [-0.3, -0.25) is 10.1 Å². The third-order valence-electron chi connectivity index (χ3n) is 5.98. The van der Waals surface area contributed by atoms with E-state index in [1.807, 2.05) is 23.6 Å². The van der Waals surface area contributed by atoms with Crippen LogP contribution in [-0.4, -0.2) is 35.7 Å². The number of carbonyl (C=O) groups excluding carboxylic acids is 1. The Balaban J connectivity index is 1.86. The van der Waals surface area contributed by atoms with Gasteiger partial charge in [-0.1, -0.05) is 62.0 Å². The van der Waals surface area contributed by atoms with Crippen LogP contribution in [0.2, 0.25) is 10.0 Å². The number of para-hydroxylation sites is 1. The minimum atomic E-state index is -1.09. The number of nitrogens with zero attached hydrogens (tertiary/aromatic N) is 1. The molecule has 1 aromatic heterocycles. The van der Waals surface area contributed by atoms with E-state index < -0.39 is 11.9 Å². The molecule has 1 amide bonds. The summed E-state index contributed by atoms with van der Waals surface area (Å²) >= 11 is 13.9. The Morgan fingerprint density at radius 2 is 1.90 bits per heavy atom. The second-order valence-corrected chi connectivity index (χ2v) is 10.6. The molecule has 2 N–H and O–H groups in total. The molecular formula is C29H32Cl2N2O5S. The second-order valence-electron chi connectivity index (χ2n) is 8.91. The predicted octanol–water partition coefficient (Wildman–Crippen LogP) is 8.52. The number of thiazole rings is 1. The number of anilines is 1. The van der Waals surface area contributed by atoms with Gasteiger partial charge in [0.05, 0.1) is 29.0 Å². The van der Waals surface area contributed by atoms with E-state index in [1.165, 1.54) is 36.5 Å². The third kappa shape index (κ3) is 7.82. The summed E-state index contributed by atoms with van der Waals surface area (Å²) in [6.45, 7) is 6.34. The topological polar surface area (TPSA) is 97.8 Å². The van der Waals surface area contributed by atoms with Gasteiger partial charge in [0, 0.05) is 39.8 Å². The molecule has 7 nitrogen and oxygen atoms in total. The Morgan fingerprint density at radius 3 is 2.51 bits per heavy atom. The molecule has 0 aliphatic carbocycles. The number of amides is 1. The lowest BCUT2D eigenvalue weighted by atomic mass is 9.98. The first kappa shape index (κ1) is 30.6. The number of halogens is 2. The highest BCUT2D eigenvalue weighted by Gasteiger charge is 2.21. The molecule has 0 aliphatic rings. The third-order valence-corrected chi connectivity index (χ3v) is 7.36. The van der Waals surface area contributed by atoms with Crippen molar-refractivity contribution in [3.63, 3.8) is 0 Å². The summed E-state index contributed by atoms with van der Waals surface area (Å²) in [4.78, 5) is 28.7. The number of aromatic nitrogens is 1. The largest absolute Gasteiger partial charge is 0.496 e. The quantitative estimate of drug-likeness (QED) is 0.193. The Morgan fingerprint density at radius 1 is 1.18 bits per heavy atom. The Bertz CT molecular complexity index is 1320. The van der Waals surface area contributed by atoms with Crippen molar-refractivity contribution in [2.24, 2.45) is 0 Å². The van der Waals surface area contributed by atoms with Crippen molar-refractivity contribution in [2.75, 3.05) is 19.0 Å². The fourth-order valence-corrected chi connectivity index (χ4v) is 5.27. The molecule has 0 fully saturated rings. The van der Waals surface area contributed by atoms with Gasteiger partial charge in [0.2, 0.25) is 0 Å². The van der Waals surface area contributed by atoms with Crippen molar-refractivity contribution in [1.29, 1.82) is 0 Å². The van der Waals surface area contributed by atoms with Gasteiger partial charge in [0.15, 0.2) is 5.13 Å². The van der Waals surface area contributed by atoms with Crippen LogP contribution in [0.3, 0.4) is 0 Å². The monoisotopic (exact) mass is 590 g/mol. The van der Waals surface area contributed by atoms with Crippen molar-refractivity contribution >= 4 is 57.6 Å². The van der Waals surface area contributed by atoms with Crippen molar-refractivity contribution in [2.45, 2.75) is 52.6 Å². The van der Waals surface area contributed by atoms with Crippen LogP contribution in [0, 0.1) is 0 Å². The first-order valence-corrected chi connectivity index (χ1v) is 14.3. The van der Waals surface area contributed by atoms with E-state index in [-0.39, 0.29) is 27.3 Å². The SMILES string of the molecule is CCCC[C@H](OCCC)c1cccc(-c2csc(NC(=O)c3cc(Cl)c(C=C(C)C(=O)O)c(Cl)c3)n2)c1OC. The number of benzene rings is 2. The van der Waals surface area contributed by atoms with Gasteiger partial charge in [0.1, 0.15) is 5.75 Å². The fourth-order valence-electron chi connectivity index (χ4n) is 3.97. The van der Waals surface area contributed by atoms with E-state index in [0.717, 1.165) is 36.8 Å². The maximum absolute atomic E-state index is 13.0. The van der Waals surface area contributed by atoms with Crippen LogP contribution in [-0.2, 0) is 9.53 Å². The number of hydrogen-bond acceptors (Lipinski definition) is 6. The molecule has 2 aromatic carbocycles. The molecule has 0 bridgehead atoms. The summed E-state index contributed by atoms with van der Waals surface area (Å²) in [5.74, 6) is -0.828. The number of nitrogens with one attached hydrogen (secondary N) is 1. The second kappa shape index (κ2) is 14.5. The van der Waals surface area contributed by atoms with Gasteiger partial charge in [0.25, 0.3) is 5.91 Å². The molecule has 0 saturated carbocycles. The van der Waals surface area contributed by atoms with E-state index in [1.54, 1.807) is 7.11 Å². The first-order chi connectivity index (χ1) is 18.7. The van der Waals surface area contributed by atoms with E-state index in [4.69, 9.17) is 37.8 Å². The highest BCUT2D eigenvalue weighted by atomic mass is 35.5. The summed E-state index contributed by atoms with van der Waals surface area (Å²) < 4.78 is 12.0. The molecule has 0 saturated heterocycles. The molecule has 1 atom stereocenters. The standard InChI is InChI=1S/C29H32Cl2N2O5S/c1-5-7-11-25(38-12-6-2)20-10-8-9-19(26(20)37-4)24-16-39-29(32-24)33-27(34)18-14-22(30)21(23(31)15-18)13-17(3)28(35)36/h8-10,13-16,25H,5-7,11-12H2,1-4H3,(H,35,36)(H,32,33,34)/t25-/m0/s1. The van der Waals surface area contributed by atoms with Crippen molar-refractivity contribution in [1.82, 2.24) is 4.98 Å². The lowest BCUT2D eigenvalue weighted by molar-refractivity contribution is -0.132. The average molecular weight is 592 g/mol. The molecule has 3 aromatic rings. The zero-order valence-corrected chi connectivity index (χ0v) is 24.7. The number of hydrogen-bond donors (Lipinski definition) is 2. The molecule has 3 rings (SSSR count). The van der Waals surface area contributed by atoms with Crippen LogP contribution in [0.25, 0.3) is 17.3 Å². The average Bonchev–Trinajstić information content (AvgIpc) is 3.38. The first-order valence-electron chi connectivity index (χ1n) is 12.7. The summed E-state index contributed by atoms with van der Waals surface area (Å²) in [5.41, 5.74) is 3.08. The van der Waals surface area contributed by atoms with Gasteiger partial charge >= 0.3 is 5.97 Å². The van der Waals surface area contributed by atoms with Gasteiger partial charge in [-0.25, -0.2) is 9.78 Å². The number of unbranched alkanes of at least 4 members (excludes halogenated alkanes) is 1. The number of carboxylic acid groups (broad SMARTS) is 1. The normalized spacial score (nSPS) is 12.3. The van der Waals surface area contributed by atoms with E-state index in [2.05, 4.69) is 24.1 Å². The number of carbonyl (C=O) groups is 2. The van der Waals surface area contributed by atoms with E-state index >= 15 is 0 Å².